The molecule has 0 spiro atoms. The second-order valence-electron chi connectivity index (χ2n) is 5.91. The van der Waals surface area contributed by atoms with Gasteiger partial charge < -0.3 is 10.8 Å². The molecule has 0 radical (unpaired) electrons. The SMILES string of the molecule is CCc1ccc(C(SC[C@H](N)C(=O)O)c2ccccc2F)cc1CC. The lowest BCUT2D eigenvalue weighted by Gasteiger charge is -2.21. The van der Waals surface area contributed by atoms with Gasteiger partial charge in [-0.2, -0.15) is 0 Å². The number of halogens is 1. The summed E-state index contributed by atoms with van der Waals surface area (Å²) < 4.78 is 14.4. The van der Waals surface area contributed by atoms with Gasteiger partial charge in [-0.3, -0.25) is 4.79 Å². The minimum Gasteiger partial charge on any atom is -0.480 e. The quantitative estimate of drug-likeness (QED) is 0.740. The Labute approximate surface area is 152 Å². The molecule has 0 fully saturated rings. The van der Waals surface area contributed by atoms with Gasteiger partial charge in [-0.1, -0.05) is 50.2 Å². The molecule has 3 N–H and O–H groups in total. The molecule has 0 aromatic heterocycles. The van der Waals surface area contributed by atoms with Crippen molar-refractivity contribution in [2.75, 3.05) is 5.75 Å². The van der Waals surface area contributed by atoms with Crippen LogP contribution in [0.1, 0.15) is 41.4 Å². The summed E-state index contributed by atoms with van der Waals surface area (Å²) in [5.41, 5.74) is 9.70. The number of benzene rings is 2. The van der Waals surface area contributed by atoms with Crippen LogP contribution in [0.3, 0.4) is 0 Å². The van der Waals surface area contributed by atoms with E-state index in [0.29, 0.717) is 5.56 Å². The second kappa shape index (κ2) is 9.02. The number of carboxylic acids is 1. The van der Waals surface area contributed by atoms with E-state index in [1.807, 2.05) is 6.07 Å². The summed E-state index contributed by atoms with van der Waals surface area (Å²) >= 11 is 1.37. The molecule has 0 aliphatic rings. The molecule has 0 amide bonds. The van der Waals surface area contributed by atoms with Gasteiger partial charge in [0.25, 0.3) is 0 Å². The first-order chi connectivity index (χ1) is 12.0. The smallest absolute Gasteiger partial charge is 0.321 e. The monoisotopic (exact) mass is 361 g/mol. The Hall–Kier alpha value is -1.85. The topological polar surface area (TPSA) is 63.3 Å². The molecule has 0 aliphatic heterocycles. The first-order valence-electron chi connectivity index (χ1n) is 8.44. The fourth-order valence-corrected chi connectivity index (χ4v) is 4.06. The Morgan fingerprint density at radius 3 is 2.44 bits per heavy atom. The van der Waals surface area contributed by atoms with E-state index in [1.54, 1.807) is 18.2 Å². The zero-order valence-corrected chi connectivity index (χ0v) is 15.4. The number of aliphatic carboxylic acids is 1. The molecule has 2 aromatic carbocycles. The molecule has 1 unspecified atom stereocenters. The van der Waals surface area contributed by atoms with E-state index in [0.717, 1.165) is 18.4 Å². The van der Waals surface area contributed by atoms with Gasteiger partial charge in [0, 0.05) is 11.3 Å². The molecular weight excluding hydrogens is 337 g/mol. The molecule has 2 rings (SSSR count). The van der Waals surface area contributed by atoms with Crippen LogP contribution in [0, 0.1) is 5.82 Å². The van der Waals surface area contributed by atoms with Gasteiger partial charge in [0.1, 0.15) is 11.9 Å². The molecule has 5 heteroatoms. The highest BCUT2D eigenvalue weighted by molar-refractivity contribution is 7.99. The van der Waals surface area contributed by atoms with Crippen molar-refractivity contribution in [1.29, 1.82) is 0 Å². The summed E-state index contributed by atoms with van der Waals surface area (Å²) in [6.45, 7) is 4.22. The van der Waals surface area contributed by atoms with Crippen LogP contribution in [0.25, 0.3) is 0 Å². The average molecular weight is 361 g/mol. The fourth-order valence-electron chi connectivity index (χ4n) is 2.81. The lowest BCUT2D eigenvalue weighted by atomic mass is 9.96. The van der Waals surface area contributed by atoms with E-state index in [4.69, 9.17) is 10.8 Å². The van der Waals surface area contributed by atoms with Crippen LogP contribution in [0.2, 0.25) is 0 Å². The number of thioether (sulfide) groups is 1. The Balaban J connectivity index is 2.41. The zero-order chi connectivity index (χ0) is 18.4. The maximum atomic E-state index is 14.4. The minimum absolute atomic E-state index is 0.214. The maximum Gasteiger partial charge on any atom is 0.321 e. The van der Waals surface area contributed by atoms with Crippen molar-refractivity contribution >= 4 is 17.7 Å². The van der Waals surface area contributed by atoms with Crippen molar-refractivity contribution < 1.29 is 14.3 Å². The predicted octanol–water partition coefficient (Wildman–Crippen LogP) is 4.19. The van der Waals surface area contributed by atoms with Gasteiger partial charge >= 0.3 is 5.97 Å². The van der Waals surface area contributed by atoms with Gasteiger partial charge in [-0.25, -0.2) is 4.39 Å². The van der Waals surface area contributed by atoms with Crippen molar-refractivity contribution in [2.24, 2.45) is 5.73 Å². The molecule has 0 saturated carbocycles. The summed E-state index contributed by atoms with van der Waals surface area (Å²) in [6.07, 6.45) is 1.85. The lowest BCUT2D eigenvalue weighted by molar-refractivity contribution is -0.137. The van der Waals surface area contributed by atoms with Gasteiger partial charge in [0.15, 0.2) is 0 Å². The Morgan fingerprint density at radius 1 is 1.16 bits per heavy atom. The van der Waals surface area contributed by atoms with Gasteiger partial charge in [0.2, 0.25) is 0 Å². The molecule has 0 heterocycles. The molecular formula is C20H24FNO2S. The summed E-state index contributed by atoms with van der Waals surface area (Å²) in [5, 5.41) is 8.74. The summed E-state index contributed by atoms with van der Waals surface area (Å²) in [7, 11) is 0. The third kappa shape index (κ3) is 4.83. The molecule has 0 aliphatic carbocycles. The van der Waals surface area contributed by atoms with Crippen molar-refractivity contribution in [1.82, 2.24) is 0 Å². The Bertz CT molecular complexity index is 735. The van der Waals surface area contributed by atoms with E-state index in [2.05, 4.69) is 26.0 Å². The van der Waals surface area contributed by atoms with Crippen LogP contribution >= 0.6 is 11.8 Å². The van der Waals surface area contributed by atoms with Crippen LogP contribution < -0.4 is 5.73 Å². The van der Waals surface area contributed by atoms with Crippen molar-refractivity contribution in [2.45, 2.75) is 38.0 Å². The highest BCUT2D eigenvalue weighted by atomic mass is 32.2. The highest BCUT2D eigenvalue weighted by Gasteiger charge is 2.22. The van der Waals surface area contributed by atoms with E-state index < -0.39 is 12.0 Å². The average Bonchev–Trinajstić information content (AvgIpc) is 2.62. The minimum atomic E-state index is -1.05. The Morgan fingerprint density at radius 2 is 1.84 bits per heavy atom. The second-order valence-corrected chi connectivity index (χ2v) is 7.05. The molecule has 0 bridgehead atoms. The van der Waals surface area contributed by atoms with Crippen LogP contribution in [-0.4, -0.2) is 22.9 Å². The van der Waals surface area contributed by atoms with Crippen molar-refractivity contribution in [3.63, 3.8) is 0 Å². The maximum absolute atomic E-state index is 14.4. The summed E-state index contributed by atoms with van der Waals surface area (Å²) in [4.78, 5) is 11.0. The summed E-state index contributed by atoms with van der Waals surface area (Å²) in [5.74, 6) is -1.12. The largest absolute Gasteiger partial charge is 0.480 e. The van der Waals surface area contributed by atoms with E-state index >= 15 is 0 Å². The highest BCUT2D eigenvalue weighted by Crippen LogP contribution is 2.38. The van der Waals surface area contributed by atoms with E-state index in [-0.39, 0.29) is 16.8 Å². The van der Waals surface area contributed by atoms with Crippen molar-refractivity contribution in [3.05, 3.63) is 70.5 Å². The predicted molar refractivity (Wildman–Crippen MR) is 102 cm³/mol. The number of nitrogens with two attached hydrogens (primary N) is 1. The van der Waals surface area contributed by atoms with Crippen LogP contribution in [0.5, 0.6) is 0 Å². The zero-order valence-electron chi connectivity index (χ0n) is 14.5. The number of rotatable bonds is 8. The number of aryl methyl sites for hydroxylation is 2. The van der Waals surface area contributed by atoms with Crippen LogP contribution in [-0.2, 0) is 17.6 Å². The molecule has 25 heavy (non-hydrogen) atoms. The fraction of sp³-hybridized carbons (Fsp3) is 0.350. The third-order valence-corrected chi connectivity index (χ3v) is 5.65. The normalized spacial score (nSPS) is 13.4. The van der Waals surface area contributed by atoms with E-state index in [9.17, 15) is 9.18 Å². The molecule has 2 aromatic rings. The number of hydrogen-bond acceptors (Lipinski definition) is 3. The molecule has 134 valence electrons. The van der Waals surface area contributed by atoms with Crippen molar-refractivity contribution in [3.8, 4) is 0 Å². The Kier molecular flexibility index (Phi) is 7.02. The molecule has 0 saturated heterocycles. The number of carbonyl (C=O) groups is 1. The number of hydrogen-bond donors (Lipinski definition) is 2. The van der Waals surface area contributed by atoms with Crippen LogP contribution in [0.4, 0.5) is 4.39 Å². The van der Waals surface area contributed by atoms with Gasteiger partial charge in [-0.05, 0) is 35.6 Å². The number of carboxylic acid groups (broad SMARTS) is 1. The lowest BCUT2D eigenvalue weighted by Crippen LogP contribution is -2.32. The first kappa shape index (κ1) is 19.5. The van der Waals surface area contributed by atoms with E-state index in [1.165, 1.54) is 29.0 Å². The van der Waals surface area contributed by atoms with Gasteiger partial charge in [-0.15, -0.1) is 11.8 Å². The molecule has 2 atom stereocenters. The van der Waals surface area contributed by atoms with Crippen LogP contribution in [0.15, 0.2) is 42.5 Å². The first-order valence-corrected chi connectivity index (χ1v) is 9.48. The van der Waals surface area contributed by atoms with Gasteiger partial charge in [0.05, 0.1) is 5.25 Å². The molecule has 3 nitrogen and oxygen atoms in total. The third-order valence-electron chi connectivity index (χ3n) is 4.24. The summed E-state index contributed by atoms with van der Waals surface area (Å²) in [6, 6.07) is 11.9. The standard InChI is InChI=1S/C20H24FNO2S/c1-3-13-9-10-15(11-14(13)4-2)19(25-12-18(22)20(23)24)16-7-5-6-8-17(16)21/h5-11,18-19H,3-4,12,22H2,1-2H3,(H,23,24)/t18-,19?/m0/s1.